The van der Waals surface area contributed by atoms with Crippen LogP contribution in [-0.4, -0.2) is 49.2 Å². The summed E-state index contributed by atoms with van der Waals surface area (Å²) in [4.78, 5) is 13.6. The number of ether oxygens (including phenoxy) is 1. The van der Waals surface area contributed by atoms with Gasteiger partial charge in [0.2, 0.25) is 5.91 Å². The van der Waals surface area contributed by atoms with E-state index in [1.54, 1.807) is 0 Å². The van der Waals surface area contributed by atoms with Crippen molar-refractivity contribution in [3.63, 3.8) is 0 Å². The zero-order valence-electron chi connectivity index (χ0n) is 9.37. The minimum absolute atomic E-state index is 0.113. The third-order valence-electron chi connectivity index (χ3n) is 3.31. The van der Waals surface area contributed by atoms with Crippen LogP contribution in [0.3, 0.4) is 0 Å². The van der Waals surface area contributed by atoms with Crippen LogP contribution in [0.5, 0.6) is 0 Å². The van der Waals surface area contributed by atoms with Gasteiger partial charge >= 0.3 is 0 Å². The summed E-state index contributed by atoms with van der Waals surface area (Å²) >= 11 is 0. The minimum Gasteiger partial charge on any atom is -0.373 e. The molecule has 0 aromatic heterocycles. The second-order valence-electron chi connectivity index (χ2n) is 4.40. The van der Waals surface area contributed by atoms with Crippen LogP contribution in [0.25, 0.3) is 0 Å². The maximum Gasteiger partial charge on any atom is 0.219 e. The highest BCUT2D eigenvalue weighted by Gasteiger charge is 2.31. The summed E-state index contributed by atoms with van der Waals surface area (Å²) in [6.45, 7) is 5.55. The van der Waals surface area contributed by atoms with E-state index in [0.717, 1.165) is 13.2 Å². The van der Waals surface area contributed by atoms with Crippen molar-refractivity contribution in [3.05, 3.63) is 0 Å². The van der Waals surface area contributed by atoms with Crippen LogP contribution >= 0.6 is 0 Å². The van der Waals surface area contributed by atoms with E-state index in [9.17, 15) is 4.79 Å². The highest BCUT2D eigenvalue weighted by atomic mass is 16.5. The monoisotopic (exact) mass is 212 g/mol. The second kappa shape index (κ2) is 4.94. The largest absolute Gasteiger partial charge is 0.373 e. The first-order valence-electron chi connectivity index (χ1n) is 5.92. The molecule has 2 heterocycles. The number of hydrogen-bond acceptors (Lipinski definition) is 3. The second-order valence-corrected chi connectivity index (χ2v) is 4.40. The zero-order valence-corrected chi connectivity index (χ0v) is 9.37. The molecule has 1 amide bonds. The molecule has 0 aliphatic carbocycles. The van der Waals surface area contributed by atoms with Crippen LogP contribution in [0.1, 0.15) is 26.2 Å². The molecule has 0 aromatic carbocycles. The number of rotatable bonds is 3. The van der Waals surface area contributed by atoms with Gasteiger partial charge in [0.25, 0.3) is 0 Å². The summed E-state index contributed by atoms with van der Waals surface area (Å²) in [5.74, 6) is 0.113. The molecule has 2 fully saturated rings. The van der Waals surface area contributed by atoms with E-state index < -0.39 is 0 Å². The fourth-order valence-electron chi connectivity index (χ4n) is 2.36. The van der Waals surface area contributed by atoms with E-state index in [2.05, 4.69) is 10.2 Å². The fraction of sp³-hybridized carbons (Fsp3) is 0.909. The molecule has 2 unspecified atom stereocenters. The van der Waals surface area contributed by atoms with Crippen LogP contribution in [0.15, 0.2) is 0 Å². The van der Waals surface area contributed by atoms with Gasteiger partial charge in [0, 0.05) is 25.6 Å². The Balaban J connectivity index is 1.73. The van der Waals surface area contributed by atoms with E-state index in [0.29, 0.717) is 19.0 Å². The summed E-state index contributed by atoms with van der Waals surface area (Å²) in [6, 6.07) is 0.642. The van der Waals surface area contributed by atoms with Gasteiger partial charge in [-0.25, -0.2) is 0 Å². The summed E-state index contributed by atoms with van der Waals surface area (Å²) in [5, 5.41) is 2.89. The molecule has 86 valence electrons. The smallest absolute Gasteiger partial charge is 0.219 e. The van der Waals surface area contributed by atoms with Crippen LogP contribution in [0, 0.1) is 0 Å². The Morgan fingerprint density at radius 1 is 1.60 bits per heavy atom. The molecule has 0 spiro atoms. The molecule has 2 aliphatic heterocycles. The maximum absolute atomic E-state index is 11.1. The van der Waals surface area contributed by atoms with E-state index in [1.165, 1.54) is 19.4 Å². The van der Waals surface area contributed by atoms with Crippen molar-refractivity contribution in [2.24, 2.45) is 0 Å². The zero-order chi connectivity index (χ0) is 10.7. The van der Waals surface area contributed by atoms with Gasteiger partial charge in [-0.3, -0.25) is 9.69 Å². The number of carbonyl (C=O) groups excluding carboxylic acids is 1. The summed E-state index contributed by atoms with van der Waals surface area (Å²) < 4.78 is 5.73. The molecular formula is C11H20N2O2. The summed E-state index contributed by atoms with van der Waals surface area (Å²) in [5.41, 5.74) is 0. The molecule has 0 saturated carbocycles. The van der Waals surface area contributed by atoms with Crippen molar-refractivity contribution < 1.29 is 9.53 Å². The van der Waals surface area contributed by atoms with Gasteiger partial charge in [-0.05, 0) is 19.4 Å². The Morgan fingerprint density at radius 3 is 3.27 bits per heavy atom. The van der Waals surface area contributed by atoms with Crippen molar-refractivity contribution in [3.8, 4) is 0 Å². The number of nitrogens with one attached hydrogen (secondary N) is 1. The lowest BCUT2D eigenvalue weighted by Gasteiger charge is -2.35. The van der Waals surface area contributed by atoms with E-state index in [4.69, 9.17) is 4.74 Å². The first-order valence-corrected chi connectivity index (χ1v) is 5.92. The molecule has 0 radical (unpaired) electrons. The predicted molar refractivity (Wildman–Crippen MR) is 57.6 cm³/mol. The highest BCUT2D eigenvalue weighted by molar-refractivity contribution is 5.75. The lowest BCUT2D eigenvalue weighted by molar-refractivity contribution is -0.122. The lowest BCUT2D eigenvalue weighted by atomic mass is 10.2. The first-order chi connectivity index (χ1) is 7.29. The Labute approximate surface area is 91.0 Å². The van der Waals surface area contributed by atoms with Gasteiger partial charge in [-0.2, -0.15) is 0 Å². The van der Waals surface area contributed by atoms with Gasteiger partial charge in [-0.1, -0.05) is 6.92 Å². The van der Waals surface area contributed by atoms with Crippen molar-refractivity contribution >= 4 is 5.91 Å². The molecule has 2 rings (SSSR count). The Morgan fingerprint density at radius 2 is 2.47 bits per heavy atom. The van der Waals surface area contributed by atoms with Gasteiger partial charge in [0.15, 0.2) is 0 Å². The molecule has 15 heavy (non-hydrogen) atoms. The number of carbonyl (C=O) groups is 1. The number of morpholine rings is 1. The van der Waals surface area contributed by atoms with Gasteiger partial charge in [-0.15, -0.1) is 0 Å². The molecule has 0 bridgehead atoms. The van der Waals surface area contributed by atoms with Crippen LogP contribution in [0.2, 0.25) is 0 Å². The Kier molecular flexibility index (Phi) is 3.59. The molecule has 2 saturated heterocycles. The van der Waals surface area contributed by atoms with Gasteiger partial charge in [0.1, 0.15) is 0 Å². The molecule has 2 atom stereocenters. The number of amides is 1. The van der Waals surface area contributed by atoms with Crippen LogP contribution < -0.4 is 5.32 Å². The van der Waals surface area contributed by atoms with Crippen molar-refractivity contribution in [1.82, 2.24) is 10.2 Å². The van der Waals surface area contributed by atoms with Crippen molar-refractivity contribution in [1.29, 1.82) is 0 Å². The topological polar surface area (TPSA) is 41.6 Å². The van der Waals surface area contributed by atoms with Gasteiger partial charge in [0.05, 0.1) is 12.7 Å². The van der Waals surface area contributed by atoms with E-state index >= 15 is 0 Å². The molecule has 1 N–H and O–H groups in total. The number of nitrogens with zero attached hydrogens (tertiary/aromatic N) is 1. The van der Waals surface area contributed by atoms with Gasteiger partial charge < -0.3 is 10.1 Å². The standard InChI is InChI=1S/C11H20N2O2/c1-2-11(14)12-6-10-7-13-5-3-4-9(13)8-15-10/h9-10H,2-8H2,1H3,(H,12,14). The van der Waals surface area contributed by atoms with E-state index in [1.807, 2.05) is 6.92 Å². The Hall–Kier alpha value is -0.610. The summed E-state index contributed by atoms with van der Waals surface area (Å²) in [6.07, 6.45) is 3.31. The molecule has 4 nitrogen and oxygen atoms in total. The fourth-order valence-corrected chi connectivity index (χ4v) is 2.36. The quantitative estimate of drug-likeness (QED) is 0.735. The average Bonchev–Trinajstić information content (AvgIpc) is 2.72. The number of fused-ring (bicyclic) bond motifs is 1. The van der Waals surface area contributed by atoms with Crippen LogP contribution in [0.4, 0.5) is 0 Å². The highest BCUT2D eigenvalue weighted by Crippen LogP contribution is 2.22. The molecule has 4 heteroatoms. The Bertz CT molecular complexity index is 233. The normalized spacial score (nSPS) is 31.3. The SMILES string of the molecule is CCC(=O)NCC1CN2CCCC2CO1. The lowest BCUT2D eigenvalue weighted by Crippen LogP contribution is -2.50. The predicted octanol–water partition coefficient (Wildman–Crippen LogP) is 0.376. The maximum atomic E-state index is 11.1. The average molecular weight is 212 g/mol. The minimum atomic E-state index is 0.113. The molecule has 0 aromatic rings. The van der Waals surface area contributed by atoms with Crippen molar-refractivity contribution in [2.75, 3.05) is 26.2 Å². The first kappa shape index (κ1) is 10.9. The third-order valence-corrected chi connectivity index (χ3v) is 3.31. The van der Waals surface area contributed by atoms with Crippen LogP contribution in [-0.2, 0) is 9.53 Å². The van der Waals surface area contributed by atoms with E-state index in [-0.39, 0.29) is 12.0 Å². The molecular weight excluding hydrogens is 192 g/mol. The number of hydrogen-bond donors (Lipinski definition) is 1. The summed E-state index contributed by atoms with van der Waals surface area (Å²) in [7, 11) is 0. The third kappa shape index (κ3) is 2.69. The van der Waals surface area contributed by atoms with Crippen molar-refractivity contribution in [2.45, 2.75) is 38.3 Å². The molecule has 2 aliphatic rings.